The van der Waals surface area contributed by atoms with Gasteiger partial charge >= 0.3 is 5.97 Å². The fourth-order valence-corrected chi connectivity index (χ4v) is 7.10. The zero-order valence-electron chi connectivity index (χ0n) is 39.5. The van der Waals surface area contributed by atoms with Crippen molar-refractivity contribution in [3.63, 3.8) is 0 Å². The molecule has 61 heavy (non-hydrogen) atoms. The Labute approximate surface area is 376 Å². The van der Waals surface area contributed by atoms with Gasteiger partial charge in [-0.2, -0.15) is 0 Å². The van der Waals surface area contributed by atoms with Gasteiger partial charge in [0.15, 0.2) is 0 Å². The van der Waals surface area contributed by atoms with E-state index in [4.69, 9.17) is 4.74 Å². The topological polar surface area (TPSA) is 95.9 Å². The number of nitrogens with one attached hydrogen (secondary N) is 1. The number of hydrogen-bond acceptors (Lipinski definition) is 5. The van der Waals surface area contributed by atoms with E-state index in [0.717, 1.165) is 70.6 Å². The highest BCUT2D eigenvalue weighted by atomic mass is 16.5. The molecule has 1 amide bonds. The van der Waals surface area contributed by atoms with Crippen LogP contribution in [0.15, 0.2) is 97.2 Å². The first-order valence-electron chi connectivity index (χ1n) is 25.1. The van der Waals surface area contributed by atoms with Gasteiger partial charge in [-0.25, -0.2) is 0 Å². The summed E-state index contributed by atoms with van der Waals surface area (Å²) in [6, 6.07) is -0.732. The lowest BCUT2D eigenvalue weighted by molar-refractivity contribution is -0.151. The molecule has 0 aliphatic carbocycles. The van der Waals surface area contributed by atoms with Gasteiger partial charge in [-0.1, -0.05) is 240 Å². The SMILES string of the molecule is CC/C=C/C=C/C=C\C=C/C=C/CCCC(CC(=O)NC(CO)C(O)CCCCCCCCCCCCCCCC)OC(=O)CCCCCCCCC/C=C/C=C/C=C/CC. The minimum absolute atomic E-state index is 0.0184. The molecule has 0 aromatic heterocycles. The van der Waals surface area contributed by atoms with Crippen LogP contribution in [0.2, 0.25) is 0 Å². The maximum atomic E-state index is 13.2. The quantitative estimate of drug-likeness (QED) is 0.0323. The van der Waals surface area contributed by atoms with Gasteiger partial charge in [-0.05, 0) is 57.8 Å². The summed E-state index contributed by atoms with van der Waals surface area (Å²) in [5.74, 6) is -0.567. The van der Waals surface area contributed by atoms with E-state index < -0.39 is 18.2 Å². The van der Waals surface area contributed by atoms with Gasteiger partial charge in [0.25, 0.3) is 0 Å². The number of unbranched alkanes of at least 4 members (excludes halogenated alkanes) is 21. The van der Waals surface area contributed by atoms with E-state index in [2.05, 4.69) is 74.7 Å². The van der Waals surface area contributed by atoms with Crippen LogP contribution < -0.4 is 5.32 Å². The zero-order chi connectivity index (χ0) is 44.5. The van der Waals surface area contributed by atoms with Crippen molar-refractivity contribution in [1.29, 1.82) is 0 Å². The predicted octanol–water partition coefficient (Wildman–Crippen LogP) is 14.9. The standard InChI is InChI=1S/C55H93NO5/c1-4-7-10-13-16-19-22-25-27-30-33-36-39-42-45-48-55(60)61-51(46-43-40-37-34-31-28-24-21-18-15-12-9-6-3)49-54(59)56-52(50-57)53(58)47-44-41-38-35-32-29-26-23-20-17-14-11-8-5-2/h7,9-10,12-13,15-16,18-19,21-22,24,28,31,34,37,51-53,57-58H,4-6,8,11,14,17,20,23,25-27,29-30,32-33,35-36,38-50H2,1-3H3,(H,56,59)/b10-7+,12-9+,16-13+,18-15+,22-19+,24-21-,31-28-,37-34+. The van der Waals surface area contributed by atoms with Crippen LogP contribution in [0.25, 0.3) is 0 Å². The summed E-state index contributed by atoms with van der Waals surface area (Å²) >= 11 is 0. The van der Waals surface area contributed by atoms with Crippen molar-refractivity contribution in [3.8, 4) is 0 Å². The Balaban J connectivity index is 4.70. The van der Waals surface area contributed by atoms with Gasteiger partial charge in [-0.15, -0.1) is 0 Å². The number of rotatable bonds is 43. The molecule has 3 atom stereocenters. The van der Waals surface area contributed by atoms with Crippen LogP contribution in [-0.4, -0.2) is 46.9 Å². The van der Waals surface area contributed by atoms with E-state index in [0.29, 0.717) is 19.3 Å². The third-order valence-corrected chi connectivity index (χ3v) is 10.8. The molecule has 0 aliphatic heterocycles. The lowest BCUT2D eigenvalue weighted by atomic mass is 10.0. The average molecular weight is 848 g/mol. The largest absolute Gasteiger partial charge is 0.462 e. The van der Waals surface area contributed by atoms with Crippen LogP contribution in [0, 0.1) is 0 Å². The van der Waals surface area contributed by atoms with E-state index >= 15 is 0 Å². The van der Waals surface area contributed by atoms with Crippen molar-refractivity contribution in [3.05, 3.63) is 97.2 Å². The molecule has 0 saturated heterocycles. The Kier molecular flexibility index (Phi) is 45.3. The Hall–Kier alpha value is -3.22. The molecule has 0 saturated carbocycles. The van der Waals surface area contributed by atoms with Gasteiger partial charge < -0.3 is 20.3 Å². The molecule has 0 spiro atoms. The molecule has 0 heterocycles. The second-order valence-electron chi connectivity index (χ2n) is 16.6. The molecule has 6 nitrogen and oxygen atoms in total. The maximum Gasteiger partial charge on any atom is 0.306 e. The first-order chi connectivity index (χ1) is 30.0. The van der Waals surface area contributed by atoms with Crippen molar-refractivity contribution in [2.75, 3.05) is 6.61 Å². The van der Waals surface area contributed by atoms with Crippen molar-refractivity contribution < 1.29 is 24.5 Å². The Bertz CT molecular complexity index is 1220. The number of esters is 1. The molecule has 0 aromatic carbocycles. The van der Waals surface area contributed by atoms with E-state index in [1.807, 2.05) is 48.6 Å². The minimum Gasteiger partial charge on any atom is -0.462 e. The lowest BCUT2D eigenvalue weighted by Gasteiger charge is -2.24. The Morgan fingerprint density at radius 1 is 0.492 bits per heavy atom. The molecule has 3 N–H and O–H groups in total. The number of hydrogen-bond donors (Lipinski definition) is 3. The van der Waals surface area contributed by atoms with Gasteiger partial charge in [0.05, 0.1) is 25.2 Å². The molecule has 0 rings (SSSR count). The van der Waals surface area contributed by atoms with E-state index in [9.17, 15) is 19.8 Å². The van der Waals surface area contributed by atoms with Crippen molar-refractivity contribution in [2.45, 2.75) is 232 Å². The highest BCUT2D eigenvalue weighted by Crippen LogP contribution is 2.17. The Morgan fingerprint density at radius 2 is 0.902 bits per heavy atom. The van der Waals surface area contributed by atoms with Gasteiger partial charge in [0, 0.05) is 6.42 Å². The molecule has 0 aromatic rings. The maximum absolute atomic E-state index is 13.2. The van der Waals surface area contributed by atoms with E-state index in [-0.39, 0.29) is 24.9 Å². The molecule has 0 fully saturated rings. The number of carbonyl (C=O) groups excluding carboxylic acids is 2. The van der Waals surface area contributed by atoms with E-state index in [1.54, 1.807) is 0 Å². The molecule has 0 bridgehead atoms. The second-order valence-corrected chi connectivity index (χ2v) is 16.6. The van der Waals surface area contributed by atoms with Crippen LogP contribution in [0.4, 0.5) is 0 Å². The van der Waals surface area contributed by atoms with Crippen molar-refractivity contribution in [2.24, 2.45) is 0 Å². The number of carbonyl (C=O) groups is 2. The summed E-state index contributed by atoms with van der Waals surface area (Å²) in [4.78, 5) is 26.1. The van der Waals surface area contributed by atoms with E-state index in [1.165, 1.54) is 96.3 Å². The Morgan fingerprint density at radius 3 is 1.38 bits per heavy atom. The van der Waals surface area contributed by atoms with Crippen LogP contribution >= 0.6 is 0 Å². The summed E-state index contributed by atoms with van der Waals surface area (Å²) in [5.41, 5.74) is 0. The minimum atomic E-state index is -0.813. The van der Waals surface area contributed by atoms with Crippen molar-refractivity contribution >= 4 is 11.9 Å². The summed E-state index contributed by atoms with van der Waals surface area (Å²) in [6.45, 7) is 6.18. The predicted molar refractivity (Wildman–Crippen MR) is 264 cm³/mol. The van der Waals surface area contributed by atoms with Gasteiger partial charge in [0.2, 0.25) is 5.91 Å². The zero-order valence-corrected chi connectivity index (χ0v) is 39.5. The molecular weight excluding hydrogens is 755 g/mol. The molecule has 6 heteroatoms. The van der Waals surface area contributed by atoms with Crippen LogP contribution in [0.1, 0.15) is 213 Å². The second kappa shape index (κ2) is 47.8. The molecule has 0 aliphatic rings. The molecule has 0 radical (unpaired) electrons. The number of aliphatic hydroxyl groups is 2. The highest BCUT2D eigenvalue weighted by Gasteiger charge is 2.24. The number of ether oxygens (including phenoxy) is 1. The normalized spacial score (nSPS) is 14.1. The molecule has 348 valence electrons. The summed E-state index contributed by atoms with van der Waals surface area (Å²) in [5, 5.41) is 23.7. The first kappa shape index (κ1) is 57.8. The number of allylic oxidation sites excluding steroid dienone is 16. The van der Waals surface area contributed by atoms with Gasteiger partial charge in [-0.3, -0.25) is 9.59 Å². The number of aliphatic hydroxyl groups excluding tert-OH is 2. The van der Waals surface area contributed by atoms with Crippen LogP contribution in [0.3, 0.4) is 0 Å². The van der Waals surface area contributed by atoms with Crippen LogP contribution in [-0.2, 0) is 14.3 Å². The molecular formula is C55H93NO5. The number of amides is 1. The lowest BCUT2D eigenvalue weighted by Crippen LogP contribution is -2.46. The summed E-state index contributed by atoms with van der Waals surface area (Å²) in [6.07, 6.45) is 63.3. The van der Waals surface area contributed by atoms with Crippen molar-refractivity contribution in [1.82, 2.24) is 5.32 Å². The van der Waals surface area contributed by atoms with Gasteiger partial charge in [0.1, 0.15) is 6.10 Å². The average Bonchev–Trinajstić information content (AvgIpc) is 3.25. The molecule has 3 unspecified atom stereocenters. The third-order valence-electron chi connectivity index (χ3n) is 10.8. The fraction of sp³-hybridized carbons (Fsp3) is 0.673. The fourth-order valence-electron chi connectivity index (χ4n) is 7.10. The highest BCUT2D eigenvalue weighted by molar-refractivity contribution is 5.77. The summed E-state index contributed by atoms with van der Waals surface area (Å²) in [7, 11) is 0. The van der Waals surface area contributed by atoms with Crippen LogP contribution in [0.5, 0.6) is 0 Å². The summed E-state index contributed by atoms with van der Waals surface area (Å²) < 4.78 is 5.88. The first-order valence-corrected chi connectivity index (χ1v) is 25.1. The smallest absolute Gasteiger partial charge is 0.306 e. The monoisotopic (exact) mass is 848 g/mol. The third kappa shape index (κ3) is 43.2.